The van der Waals surface area contributed by atoms with E-state index >= 15 is 0 Å². The lowest BCUT2D eigenvalue weighted by molar-refractivity contribution is 0.198. The van der Waals surface area contributed by atoms with Crippen LogP contribution >= 0.6 is 11.8 Å². The van der Waals surface area contributed by atoms with Gasteiger partial charge >= 0.3 is 0 Å². The molecule has 3 atom stereocenters. The van der Waals surface area contributed by atoms with Crippen molar-refractivity contribution in [2.75, 3.05) is 12.4 Å². The molecular weight excluding hydrogens is 314 g/mol. The summed E-state index contributed by atoms with van der Waals surface area (Å²) in [6, 6.07) is 7.15. The Morgan fingerprint density at radius 3 is 2.83 bits per heavy atom. The molecule has 1 aromatic carbocycles. The van der Waals surface area contributed by atoms with Crippen LogP contribution in [0.1, 0.15) is 68.6 Å². The molecule has 2 nitrogen and oxygen atoms in total. The lowest BCUT2D eigenvalue weighted by Gasteiger charge is -2.26. The van der Waals surface area contributed by atoms with Crippen molar-refractivity contribution in [3.63, 3.8) is 0 Å². The van der Waals surface area contributed by atoms with E-state index in [0.717, 1.165) is 30.4 Å². The summed E-state index contributed by atoms with van der Waals surface area (Å²) in [6.45, 7) is 4.70. The molecule has 1 fully saturated rings. The zero-order chi connectivity index (χ0) is 17.2. The maximum atomic E-state index is 9.49. The molecule has 3 heteroatoms. The van der Waals surface area contributed by atoms with Crippen molar-refractivity contribution < 1.29 is 5.11 Å². The molecule has 1 unspecified atom stereocenters. The summed E-state index contributed by atoms with van der Waals surface area (Å²) in [4.78, 5) is 0. The van der Waals surface area contributed by atoms with Crippen LogP contribution in [-0.4, -0.2) is 28.3 Å². The number of hydrogen-bond acceptors (Lipinski definition) is 3. The van der Waals surface area contributed by atoms with E-state index in [0.29, 0.717) is 5.92 Å². The number of aryl methyl sites for hydroxylation is 1. The number of nitrogens with two attached hydrogens (primary N) is 1. The Labute approximate surface area is 151 Å². The van der Waals surface area contributed by atoms with Gasteiger partial charge in [-0.25, -0.2) is 0 Å². The molecule has 0 aliphatic heterocycles. The normalized spacial score (nSPS) is 29.9. The van der Waals surface area contributed by atoms with Gasteiger partial charge in [0.25, 0.3) is 0 Å². The van der Waals surface area contributed by atoms with E-state index in [4.69, 9.17) is 5.73 Å². The Bertz CT molecular complexity index is 559. The number of thioether (sulfide) groups is 1. The van der Waals surface area contributed by atoms with Gasteiger partial charge < -0.3 is 10.8 Å². The third kappa shape index (κ3) is 4.36. The molecule has 1 aromatic rings. The van der Waals surface area contributed by atoms with Crippen LogP contribution in [0.15, 0.2) is 18.2 Å². The number of fused-ring (bicyclic) bond motifs is 1. The maximum Gasteiger partial charge on any atom is 0.0611 e. The first-order chi connectivity index (χ1) is 11.5. The van der Waals surface area contributed by atoms with E-state index in [9.17, 15) is 5.11 Å². The highest BCUT2D eigenvalue weighted by atomic mass is 32.2. The minimum Gasteiger partial charge on any atom is -0.394 e. The Balaban J connectivity index is 1.60. The summed E-state index contributed by atoms with van der Waals surface area (Å²) in [5.41, 5.74) is 10.5. The van der Waals surface area contributed by atoms with Gasteiger partial charge in [-0.15, -0.1) is 0 Å². The molecular formula is C21H33NOS. The fraction of sp³-hybridized carbons (Fsp3) is 0.714. The van der Waals surface area contributed by atoms with E-state index in [2.05, 4.69) is 43.8 Å². The average molecular weight is 348 g/mol. The van der Waals surface area contributed by atoms with Crippen LogP contribution in [0.25, 0.3) is 0 Å². The van der Waals surface area contributed by atoms with Crippen molar-refractivity contribution in [2.24, 2.45) is 11.7 Å². The summed E-state index contributed by atoms with van der Waals surface area (Å²) < 4.78 is 0. The molecule has 0 bridgehead atoms. The van der Waals surface area contributed by atoms with E-state index in [-0.39, 0.29) is 12.1 Å². The lowest BCUT2D eigenvalue weighted by Crippen LogP contribution is -2.40. The minimum atomic E-state index is -0.347. The average Bonchev–Trinajstić information content (AvgIpc) is 2.97. The summed E-state index contributed by atoms with van der Waals surface area (Å²) in [5.74, 6) is 2.71. The first kappa shape index (κ1) is 18.3. The minimum absolute atomic E-state index is 0.116. The first-order valence-corrected chi connectivity index (χ1v) is 10.7. The van der Waals surface area contributed by atoms with Gasteiger partial charge in [-0.2, -0.15) is 11.8 Å². The van der Waals surface area contributed by atoms with Crippen molar-refractivity contribution in [3.8, 4) is 0 Å². The second-order valence-corrected chi connectivity index (χ2v) is 9.99. The first-order valence-electron chi connectivity index (χ1n) is 9.62. The Kier molecular flexibility index (Phi) is 5.94. The Morgan fingerprint density at radius 1 is 1.29 bits per heavy atom. The molecule has 0 spiro atoms. The number of aliphatic hydroxyl groups is 1. The molecule has 0 saturated heterocycles. The van der Waals surface area contributed by atoms with Crippen LogP contribution in [0, 0.1) is 5.92 Å². The monoisotopic (exact) mass is 347 g/mol. The number of aliphatic hydroxyl groups excluding tert-OH is 1. The predicted molar refractivity (Wildman–Crippen MR) is 105 cm³/mol. The van der Waals surface area contributed by atoms with E-state index < -0.39 is 0 Å². The van der Waals surface area contributed by atoms with Gasteiger partial charge in [-0.3, -0.25) is 0 Å². The molecule has 0 amide bonds. The van der Waals surface area contributed by atoms with Crippen LogP contribution in [0.5, 0.6) is 0 Å². The number of rotatable bonds is 6. The standard InChI is InChI=1S/C21H33NOS/c1-15(2)24-10-8-16-3-4-18-12-19(6-5-17(18)11-16)20-7-9-21(22,13-20)14-23/h5-6,12,15-16,20,23H,3-4,7-11,13-14,22H2,1-2H3/t16?,20-,21+/m0/s1. The highest BCUT2D eigenvalue weighted by molar-refractivity contribution is 7.99. The van der Waals surface area contributed by atoms with Crippen molar-refractivity contribution in [1.82, 2.24) is 0 Å². The molecule has 1 saturated carbocycles. The topological polar surface area (TPSA) is 46.2 Å². The Morgan fingerprint density at radius 2 is 2.12 bits per heavy atom. The van der Waals surface area contributed by atoms with Crippen LogP contribution in [0.2, 0.25) is 0 Å². The molecule has 0 aromatic heterocycles. The van der Waals surface area contributed by atoms with Crippen LogP contribution in [0.4, 0.5) is 0 Å². The predicted octanol–water partition coefficient (Wildman–Crippen LogP) is 4.28. The smallest absolute Gasteiger partial charge is 0.0611 e. The largest absolute Gasteiger partial charge is 0.394 e. The van der Waals surface area contributed by atoms with E-state index in [1.54, 1.807) is 11.1 Å². The molecule has 2 aliphatic rings. The van der Waals surface area contributed by atoms with Crippen LogP contribution in [-0.2, 0) is 12.8 Å². The zero-order valence-corrected chi connectivity index (χ0v) is 16.1. The highest BCUT2D eigenvalue weighted by Gasteiger charge is 2.36. The summed E-state index contributed by atoms with van der Waals surface area (Å²) in [6.07, 6.45) is 8.19. The second kappa shape index (κ2) is 7.80. The molecule has 2 aliphatic carbocycles. The van der Waals surface area contributed by atoms with Gasteiger partial charge in [-0.1, -0.05) is 32.0 Å². The Hall–Kier alpha value is -0.510. The summed E-state index contributed by atoms with van der Waals surface area (Å²) in [7, 11) is 0. The van der Waals surface area contributed by atoms with Gasteiger partial charge in [0.15, 0.2) is 0 Å². The van der Waals surface area contributed by atoms with Crippen molar-refractivity contribution in [3.05, 3.63) is 34.9 Å². The fourth-order valence-electron chi connectivity index (χ4n) is 4.41. The SMILES string of the molecule is CC(C)SCCC1CCc2cc([C@H]3CC[C@](N)(CO)C3)ccc2C1. The van der Waals surface area contributed by atoms with E-state index in [1.807, 2.05) is 0 Å². The quantitative estimate of drug-likeness (QED) is 0.807. The van der Waals surface area contributed by atoms with Gasteiger partial charge in [-0.05, 0) is 84.5 Å². The third-order valence-corrected chi connectivity index (χ3v) is 7.11. The molecule has 0 heterocycles. The van der Waals surface area contributed by atoms with Crippen molar-refractivity contribution in [1.29, 1.82) is 0 Å². The molecule has 3 rings (SSSR count). The fourth-order valence-corrected chi connectivity index (χ4v) is 5.35. The third-order valence-electron chi connectivity index (χ3n) is 5.97. The zero-order valence-electron chi connectivity index (χ0n) is 15.3. The molecule has 134 valence electrons. The molecule has 0 radical (unpaired) electrons. The van der Waals surface area contributed by atoms with Crippen molar-refractivity contribution >= 4 is 11.8 Å². The highest BCUT2D eigenvalue weighted by Crippen LogP contribution is 2.40. The van der Waals surface area contributed by atoms with Crippen molar-refractivity contribution in [2.45, 2.75) is 75.5 Å². The second-order valence-electron chi connectivity index (χ2n) is 8.31. The van der Waals surface area contributed by atoms with Gasteiger partial charge in [0.05, 0.1) is 6.61 Å². The number of hydrogen-bond donors (Lipinski definition) is 2. The lowest BCUT2D eigenvalue weighted by atomic mass is 9.80. The van der Waals surface area contributed by atoms with Crippen LogP contribution < -0.4 is 5.73 Å². The number of benzene rings is 1. The van der Waals surface area contributed by atoms with Crippen LogP contribution in [0.3, 0.4) is 0 Å². The van der Waals surface area contributed by atoms with E-state index in [1.165, 1.54) is 37.0 Å². The molecule has 24 heavy (non-hydrogen) atoms. The summed E-state index contributed by atoms with van der Waals surface area (Å²) in [5, 5.41) is 10.2. The van der Waals surface area contributed by atoms with Gasteiger partial charge in [0.2, 0.25) is 0 Å². The molecule has 3 N–H and O–H groups in total. The van der Waals surface area contributed by atoms with Gasteiger partial charge in [0.1, 0.15) is 0 Å². The summed E-state index contributed by atoms with van der Waals surface area (Å²) >= 11 is 2.10. The maximum absolute atomic E-state index is 9.49. The van der Waals surface area contributed by atoms with Gasteiger partial charge in [0, 0.05) is 5.54 Å².